The first-order chi connectivity index (χ1) is 12.3. The Kier molecular flexibility index (Phi) is 3.94. The van der Waals surface area contributed by atoms with Gasteiger partial charge in [-0.1, -0.05) is 33.8 Å². The van der Waals surface area contributed by atoms with Gasteiger partial charge in [-0.25, -0.2) is 0 Å². The Morgan fingerprint density at radius 1 is 1.12 bits per heavy atom. The van der Waals surface area contributed by atoms with E-state index in [9.17, 15) is 4.79 Å². The summed E-state index contributed by atoms with van der Waals surface area (Å²) in [5, 5.41) is 11.0. The summed E-state index contributed by atoms with van der Waals surface area (Å²) in [5.74, 6) is 1.50. The standard InChI is InChI=1S/C21H27N3O2/c1-20(2)9-10-21(3,4)16-11-14(7-8-15(16)20)18(25)22-12-17-23-24-19(26-17)13-5-6-13/h7-8,11,13H,5-6,9-10,12H2,1-4H3,(H,22,25). The first-order valence-electron chi connectivity index (χ1n) is 9.52. The van der Waals surface area contributed by atoms with Crippen LogP contribution in [-0.2, 0) is 17.4 Å². The van der Waals surface area contributed by atoms with E-state index in [0.717, 1.165) is 19.3 Å². The summed E-state index contributed by atoms with van der Waals surface area (Å²) in [6.45, 7) is 9.37. The lowest BCUT2D eigenvalue weighted by Crippen LogP contribution is -2.34. The maximum absolute atomic E-state index is 12.6. The van der Waals surface area contributed by atoms with Crippen LogP contribution < -0.4 is 5.32 Å². The third-order valence-corrected chi connectivity index (χ3v) is 5.92. The van der Waals surface area contributed by atoms with Crippen molar-refractivity contribution in [2.75, 3.05) is 0 Å². The van der Waals surface area contributed by atoms with Gasteiger partial charge in [0.1, 0.15) is 0 Å². The average molecular weight is 353 g/mol. The Morgan fingerprint density at radius 3 is 2.50 bits per heavy atom. The zero-order valence-corrected chi connectivity index (χ0v) is 16.1. The van der Waals surface area contributed by atoms with Crippen molar-refractivity contribution in [2.24, 2.45) is 0 Å². The third kappa shape index (κ3) is 3.15. The first-order valence-corrected chi connectivity index (χ1v) is 9.52. The first kappa shape index (κ1) is 17.3. The van der Waals surface area contributed by atoms with E-state index in [1.165, 1.54) is 17.5 Å². The smallest absolute Gasteiger partial charge is 0.251 e. The van der Waals surface area contributed by atoms with Crippen molar-refractivity contribution in [1.29, 1.82) is 0 Å². The number of nitrogens with one attached hydrogen (secondary N) is 1. The SMILES string of the molecule is CC1(C)CCC(C)(C)c2cc(C(=O)NCc3nnc(C4CC4)o3)ccc21. The molecule has 5 nitrogen and oxygen atoms in total. The number of aromatic nitrogens is 2. The van der Waals surface area contributed by atoms with E-state index < -0.39 is 0 Å². The lowest BCUT2D eigenvalue weighted by atomic mass is 9.63. The van der Waals surface area contributed by atoms with Gasteiger partial charge in [-0.3, -0.25) is 4.79 Å². The maximum Gasteiger partial charge on any atom is 0.251 e. The molecule has 0 spiro atoms. The summed E-state index contributed by atoms with van der Waals surface area (Å²) >= 11 is 0. The van der Waals surface area contributed by atoms with Crippen LogP contribution in [0.3, 0.4) is 0 Å². The zero-order valence-electron chi connectivity index (χ0n) is 16.1. The number of carbonyl (C=O) groups is 1. The fourth-order valence-electron chi connectivity index (χ4n) is 3.82. The minimum absolute atomic E-state index is 0.0901. The number of nitrogens with zero attached hydrogens (tertiary/aromatic N) is 2. The quantitative estimate of drug-likeness (QED) is 0.893. The molecule has 0 atom stereocenters. The number of hydrogen-bond donors (Lipinski definition) is 1. The molecule has 1 fully saturated rings. The molecule has 4 rings (SSSR count). The van der Waals surface area contributed by atoms with Crippen molar-refractivity contribution < 1.29 is 9.21 Å². The predicted molar refractivity (Wildman–Crippen MR) is 99.2 cm³/mol. The molecular weight excluding hydrogens is 326 g/mol. The van der Waals surface area contributed by atoms with E-state index in [-0.39, 0.29) is 23.3 Å². The fraction of sp³-hybridized carbons (Fsp3) is 0.571. The Hall–Kier alpha value is -2.17. The molecule has 2 aliphatic rings. The highest BCUT2D eigenvalue weighted by atomic mass is 16.4. The molecule has 0 radical (unpaired) electrons. The largest absolute Gasteiger partial charge is 0.423 e. The van der Waals surface area contributed by atoms with Crippen LogP contribution in [-0.4, -0.2) is 16.1 Å². The van der Waals surface area contributed by atoms with Crippen LogP contribution in [0.4, 0.5) is 0 Å². The van der Waals surface area contributed by atoms with E-state index in [2.05, 4.69) is 55.3 Å². The van der Waals surface area contributed by atoms with Gasteiger partial charge >= 0.3 is 0 Å². The van der Waals surface area contributed by atoms with Crippen LogP contribution in [0.15, 0.2) is 22.6 Å². The molecule has 1 N–H and O–H groups in total. The summed E-state index contributed by atoms with van der Waals surface area (Å²) in [6, 6.07) is 6.12. The molecule has 2 aromatic rings. The van der Waals surface area contributed by atoms with Gasteiger partial charge in [0.05, 0.1) is 6.54 Å². The molecule has 0 aliphatic heterocycles. The van der Waals surface area contributed by atoms with E-state index in [1.54, 1.807) is 0 Å². The number of rotatable bonds is 4. The second-order valence-corrected chi connectivity index (χ2v) is 9.02. The summed E-state index contributed by atoms with van der Waals surface area (Å²) in [5.41, 5.74) is 3.58. The van der Waals surface area contributed by atoms with Crippen LogP contribution in [0, 0.1) is 0 Å². The van der Waals surface area contributed by atoms with Crippen LogP contribution in [0.25, 0.3) is 0 Å². The van der Waals surface area contributed by atoms with Gasteiger partial charge in [0.2, 0.25) is 11.8 Å². The highest BCUT2D eigenvalue weighted by molar-refractivity contribution is 5.94. The maximum atomic E-state index is 12.6. The number of benzene rings is 1. The van der Waals surface area contributed by atoms with Crippen LogP contribution >= 0.6 is 0 Å². The second kappa shape index (κ2) is 5.93. The van der Waals surface area contributed by atoms with Crippen molar-refractivity contribution in [1.82, 2.24) is 15.5 Å². The molecule has 1 saturated carbocycles. The molecular formula is C21H27N3O2. The molecule has 5 heteroatoms. The van der Waals surface area contributed by atoms with Crippen molar-refractivity contribution in [2.45, 2.75) is 76.7 Å². The minimum Gasteiger partial charge on any atom is -0.423 e. The number of carbonyl (C=O) groups excluding carboxylic acids is 1. The monoisotopic (exact) mass is 353 g/mol. The molecule has 26 heavy (non-hydrogen) atoms. The zero-order chi connectivity index (χ0) is 18.5. The lowest BCUT2D eigenvalue weighted by Gasteiger charge is -2.42. The summed E-state index contributed by atoms with van der Waals surface area (Å²) < 4.78 is 5.61. The van der Waals surface area contributed by atoms with Gasteiger partial charge in [-0.2, -0.15) is 0 Å². The van der Waals surface area contributed by atoms with E-state index in [0.29, 0.717) is 23.3 Å². The molecule has 2 aliphatic carbocycles. The van der Waals surface area contributed by atoms with Gasteiger partial charge < -0.3 is 9.73 Å². The van der Waals surface area contributed by atoms with E-state index >= 15 is 0 Å². The topological polar surface area (TPSA) is 68.0 Å². The summed E-state index contributed by atoms with van der Waals surface area (Å²) in [7, 11) is 0. The predicted octanol–water partition coefficient (Wildman–Crippen LogP) is 4.23. The molecule has 1 amide bonds. The highest BCUT2D eigenvalue weighted by Crippen LogP contribution is 2.45. The van der Waals surface area contributed by atoms with Gasteiger partial charge in [0.25, 0.3) is 5.91 Å². The second-order valence-electron chi connectivity index (χ2n) is 9.02. The molecule has 0 bridgehead atoms. The van der Waals surface area contributed by atoms with Crippen molar-refractivity contribution in [3.8, 4) is 0 Å². The van der Waals surface area contributed by atoms with Crippen molar-refractivity contribution in [3.63, 3.8) is 0 Å². The molecule has 1 aromatic heterocycles. The summed E-state index contributed by atoms with van der Waals surface area (Å²) in [4.78, 5) is 12.6. The Bertz CT molecular complexity index is 847. The van der Waals surface area contributed by atoms with Crippen LogP contribution in [0.1, 0.15) is 92.6 Å². The van der Waals surface area contributed by atoms with E-state index in [4.69, 9.17) is 4.42 Å². The van der Waals surface area contributed by atoms with Crippen LogP contribution in [0.2, 0.25) is 0 Å². The third-order valence-electron chi connectivity index (χ3n) is 5.92. The summed E-state index contributed by atoms with van der Waals surface area (Å²) in [6.07, 6.45) is 4.54. The molecule has 1 aromatic carbocycles. The average Bonchev–Trinajstić information content (AvgIpc) is 3.35. The Balaban J connectivity index is 1.51. The lowest BCUT2D eigenvalue weighted by molar-refractivity contribution is 0.0946. The van der Waals surface area contributed by atoms with Gasteiger partial charge in [-0.05, 0) is 59.8 Å². The van der Waals surface area contributed by atoms with Gasteiger partial charge in [0.15, 0.2) is 0 Å². The molecule has 0 unspecified atom stereocenters. The minimum atomic E-state index is -0.0989. The van der Waals surface area contributed by atoms with Crippen LogP contribution in [0.5, 0.6) is 0 Å². The fourth-order valence-corrected chi connectivity index (χ4v) is 3.82. The normalized spacial score (nSPS) is 20.5. The van der Waals surface area contributed by atoms with Gasteiger partial charge in [0, 0.05) is 11.5 Å². The van der Waals surface area contributed by atoms with Gasteiger partial charge in [-0.15, -0.1) is 10.2 Å². The molecule has 1 heterocycles. The number of hydrogen-bond acceptors (Lipinski definition) is 4. The number of fused-ring (bicyclic) bond motifs is 1. The Morgan fingerprint density at radius 2 is 1.81 bits per heavy atom. The number of amides is 1. The molecule has 138 valence electrons. The molecule has 0 saturated heterocycles. The van der Waals surface area contributed by atoms with E-state index in [1.807, 2.05) is 6.07 Å². The highest BCUT2D eigenvalue weighted by Gasteiger charge is 2.37. The Labute approximate surface area is 154 Å². The van der Waals surface area contributed by atoms with Crippen molar-refractivity contribution in [3.05, 3.63) is 46.7 Å². The van der Waals surface area contributed by atoms with Crippen molar-refractivity contribution >= 4 is 5.91 Å².